The Kier molecular flexibility index (Phi) is 3.68. The zero-order chi connectivity index (χ0) is 10.6. The summed E-state index contributed by atoms with van der Waals surface area (Å²) < 4.78 is 0. The van der Waals surface area contributed by atoms with Crippen LogP contribution >= 0.6 is 0 Å². The third-order valence-electron chi connectivity index (χ3n) is 2.04. The largest absolute Gasteiger partial charge is 0.354 e. The Bertz CT molecular complexity index is 267. The zero-order valence-corrected chi connectivity index (χ0v) is 8.67. The van der Waals surface area contributed by atoms with Gasteiger partial charge in [-0.3, -0.25) is 9.59 Å². The van der Waals surface area contributed by atoms with Crippen molar-refractivity contribution in [1.82, 2.24) is 10.2 Å². The lowest BCUT2D eigenvalue weighted by molar-refractivity contribution is -0.126. The maximum atomic E-state index is 11.6. The van der Waals surface area contributed by atoms with E-state index >= 15 is 0 Å². The minimum absolute atomic E-state index is 0.00139. The first-order valence-corrected chi connectivity index (χ1v) is 4.80. The van der Waals surface area contributed by atoms with Gasteiger partial charge in [0, 0.05) is 32.1 Å². The SMILES string of the molecule is CC(C)=CC(=O)N1CCNC(=O)CC1. The van der Waals surface area contributed by atoms with Crippen LogP contribution in [0.1, 0.15) is 20.3 Å². The fourth-order valence-corrected chi connectivity index (χ4v) is 1.33. The zero-order valence-electron chi connectivity index (χ0n) is 8.67. The molecular formula is C10H16N2O2. The smallest absolute Gasteiger partial charge is 0.246 e. The summed E-state index contributed by atoms with van der Waals surface area (Å²) in [5, 5.41) is 2.73. The number of carbonyl (C=O) groups excluding carboxylic acids is 2. The molecule has 1 saturated heterocycles. The molecule has 1 heterocycles. The Labute approximate surface area is 84.0 Å². The molecule has 14 heavy (non-hydrogen) atoms. The van der Waals surface area contributed by atoms with Gasteiger partial charge in [-0.1, -0.05) is 5.57 Å². The van der Waals surface area contributed by atoms with Crippen molar-refractivity contribution < 1.29 is 9.59 Å². The van der Waals surface area contributed by atoms with E-state index in [4.69, 9.17) is 0 Å². The highest BCUT2D eigenvalue weighted by molar-refractivity contribution is 5.89. The highest BCUT2D eigenvalue weighted by Gasteiger charge is 2.16. The molecule has 1 aliphatic rings. The van der Waals surface area contributed by atoms with Crippen LogP contribution in [0.25, 0.3) is 0 Å². The van der Waals surface area contributed by atoms with E-state index in [0.717, 1.165) is 5.57 Å². The minimum Gasteiger partial charge on any atom is -0.354 e. The average Bonchev–Trinajstić information content (AvgIpc) is 2.28. The van der Waals surface area contributed by atoms with Gasteiger partial charge < -0.3 is 10.2 Å². The second kappa shape index (κ2) is 4.79. The molecule has 4 heteroatoms. The summed E-state index contributed by atoms with van der Waals surface area (Å²) in [6, 6.07) is 0. The summed E-state index contributed by atoms with van der Waals surface area (Å²) >= 11 is 0. The van der Waals surface area contributed by atoms with Gasteiger partial charge in [0.1, 0.15) is 0 Å². The number of carbonyl (C=O) groups is 2. The lowest BCUT2D eigenvalue weighted by Gasteiger charge is -2.17. The Morgan fingerprint density at radius 3 is 2.79 bits per heavy atom. The number of nitrogens with zero attached hydrogens (tertiary/aromatic N) is 1. The van der Waals surface area contributed by atoms with Gasteiger partial charge in [0.25, 0.3) is 0 Å². The van der Waals surface area contributed by atoms with E-state index in [1.807, 2.05) is 13.8 Å². The van der Waals surface area contributed by atoms with Gasteiger partial charge in [-0.15, -0.1) is 0 Å². The Hall–Kier alpha value is -1.32. The van der Waals surface area contributed by atoms with Crippen LogP contribution in [-0.2, 0) is 9.59 Å². The van der Waals surface area contributed by atoms with Crippen LogP contribution in [0.2, 0.25) is 0 Å². The highest BCUT2D eigenvalue weighted by atomic mass is 16.2. The molecule has 0 aliphatic carbocycles. The molecule has 0 aromatic heterocycles. The molecule has 2 amide bonds. The third-order valence-corrected chi connectivity index (χ3v) is 2.04. The van der Waals surface area contributed by atoms with Crippen molar-refractivity contribution in [1.29, 1.82) is 0 Å². The van der Waals surface area contributed by atoms with E-state index in [0.29, 0.717) is 26.1 Å². The maximum Gasteiger partial charge on any atom is 0.246 e. The highest BCUT2D eigenvalue weighted by Crippen LogP contribution is 2.00. The van der Waals surface area contributed by atoms with E-state index in [-0.39, 0.29) is 11.8 Å². The van der Waals surface area contributed by atoms with Crippen LogP contribution in [0, 0.1) is 0 Å². The summed E-state index contributed by atoms with van der Waals surface area (Å²) in [6.07, 6.45) is 2.01. The normalized spacial score (nSPS) is 17.0. The summed E-state index contributed by atoms with van der Waals surface area (Å²) in [5.74, 6) is 0.0269. The van der Waals surface area contributed by atoms with Gasteiger partial charge in [0.2, 0.25) is 11.8 Å². The molecule has 1 fully saturated rings. The van der Waals surface area contributed by atoms with E-state index < -0.39 is 0 Å². The van der Waals surface area contributed by atoms with Crippen LogP contribution in [0.15, 0.2) is 11.6 Å². The molecule has 1 rings (SSSR count). The first-order chi connectivity index (χ1) is 6.59. The molecule has 0 atom stereocenters. The third kappa shape index (κ3) is 3.20. The standard InChI is InChI=1S/C10H16N2O2/c1-8(2)7-10(14)12-5-3-9(13)11-4-6-12/h7H,3-6H2,1-2H3,(H,11,13). The molecule has 0 saturated carbocycles. The van der Waals surface area contributed by atoms with Gasteiger partial charge in [0.15, 0.2) is 0 Å². The number of allylic oxidation sites excluding steroid dienone is 1. The molecule has 1 aliphatic heterocycles. The molecule has 0 bridgehead atoms. The van der Waals surface area contributed by atoms with Crippen LogP contribution in [-0.4, -0.2) is 36.3 Å². The maximum absolute atomic E-state index is 11.6. The lowest BCUT2D eigenvalue weighted by atomic mass is 10.3. The van der Waals surface area contributed by atoms with Gasteiger partial charge in [-0.2, -0.15) is 0 Å². The summed E-state index contributed by atoms with van der Waals surface area (Å²) in [5.41, 5.74) is 0.985. The van der Waals surface area contributed by atoms with Gasteiger partial charge in [-0.25, -0.2) is 0 Å². The molecule has 0 radical (unpaired) electrons. The fourth-order valence-electron chi connectivity index (χ4n) is 1.33. The molecule has 78 valence electrons. The summed E-state index contributed by atoms with van der Waals surface area (Å²) in [4.78, 5) is 24.3. The van der Waals surface area contributed by atoms with Crippen molar-refractivity contribution in [2.75, 3.05) is 19.6 Å². The van der Waals surface area contributed by atoms with E-state index in [1.54, 1.807) is 11.0 Å². The van der Waals surface area contributed by atoms with Crippen LogP contribution in [0.5, 0.6) is 0 Å². The molecule has 0 aromatic rings. The quantitative estimate of drug-likeness (QED) is 0.613. The molecule has 4 nitrogen and oxygen atoms in total. The first kappa shape index (κ1) is 10.8. The number of hydrogen-bond acceptors (Lipinski definition) is 2. The first-order valence-electron chi connectivity index (χ1n) is 4.80. The number of nitrogens with one attached hydrogen (secondary N) is 1. The van der Waals surface area contributed by atoms with Crippen LogP contribution in [0.4, 0.5) is 0 Å². The van der Waals surface area contributed by atoms with E-state index in [1.165, 1.54) is 0 Å². The number of amides is 2. The second-order valence-electron chi connectivity index (χ2n) is 3.65. The predicted octanol–water partition coefficient (Wildman–Crippen LogP) is 0.301. The van der Waals surface area contributed by atoms with Crippen molar-refractivity contribution in [3.63, 3.8) is 0 Å². The lowest BCUT2D eigenvalue weighted by Crippen LogP contribution is -2.33. The number of rotatable bonds is 1. The Balaban J connectivity index is 2.55. The van der Waals surface area contributed by atoms with E-state index in [9.17, 15) is 9.59 Å². The van der Waals surface area contributed by atoms with Gasteiger partial charge in [-0.05, 0) is 13.8 Å². The Morgan fingerprint density at radius 1 is 1.43 bits per heavy atom. The van der Waals surface area contributed by atoms with E-state index in [2.05, 4.69) is 5.32 Å². The Morgan fingerprint density at radius 2 is 2.14 bits per heavy atom. The van der Waals surface area contributed by atoms with Crippen molar-refractivity contribution in [3.8, 4) is 0 Å². The van der Waals surface area contributed by atoms with Crippen LogP contribution < -0.4 is 5.32 Å². The van der Waals surface area contributed by atoms with Crippen molar-refractivity contribution in [2.24, 2.45) is 0 Å². The van der Waals surface area contributed by atoms with Crippen molar-refractivity contribution >= 4 is 11.8 Å². The molecule has 0 unspecified atom stereocenters. The fraction of sp³-hybridized carbons (Fsp3) is 0.600. The topological polar surface area (TPSA) is 49.4 Å². The molecule has 0 aromatic carbocycles. The monoisotopic (exact) mass is 196 g/mol. The predicted molar refractivity (Wildman–Crippen MR) is 53.6 cm³/mol. The average molecular weight is 196 g/mol. The molecular weight excluding hydrogens is 180 g/mol. The van der Waals surface area contributed by atoms with Crippen LogP contribution in [0.3, 0.4) is 0 Å². The minimum atomic E-state index is 0.00139. The second-order valence-corrected chi connectivity index (χ2v) is 3.65. The van der Waals surface area contributed by atoms with Crippen molar-refractivity contribution in [3.05, 3.63) is 11.6 Å². The van der Waals surface area contributed by atoms with Gasteiger partial charge in [0.05, 0.1) is 0 Å². The van der Waals surface area contributed by atoms with Crippen molar-refractivity contribution in [2.45, 2.75) is 20.3 Å². The summed E-state index contributed by atoms with van der Waals surface area (Å²) in [6.45, 7) is 5.46. The molecule has 0 spiro atoms. The number of hydrogen-bond donors (Lipinski definition) is 1. The summed E-state index contributed by atoms with van der Waals surface area (Å²) in [7, 11) is 0. The van der Waals surface area contributed by atoms with Gasteiger partial charge >= 0.3 is 0 Å². The molecule has 1 N–H and O–H groups in total.